The first-order valence-electron chi connectivity index (χ1n) is 6.71. The van der Waals surface area contributed by atoms with Gasteiger partial charge in [-0.3, -0.25) is 4.40 Å². The summed E-state index contributed by atoms with van der Waals surface area (Å²) in [6.07, 6.45) is 5.97. The number of hydrogen-bond donors (Lipinski definition) is 2. The van der Waals surface area contributed by atoms with Gasteiger partial charge in [-0.05, 0) is 52.8 Å². The fourth-order valence-electron chi connectivity index (χ4n) is 2.29. The van der Waals surface area contributed by atoms with E-state index < -0.39 is 5.97 Å². The first kappa shape index (κ1) is 14.8. The van der Waals surface area contributed by atoms with Crippen LogP contribution in [0.3, 0.4) is 0 Å². The van der Waals surface area contributed by atoms with Gasteiger partial charge < -0.3 is 10.4 Å². The van der Waals surface area contributed by atoms with E-state index in [2.05, 4.69) is 37.9 Å². The van der Waals surface area contributed by atoms with E-state index in [1.54, 1.807) is 24.5 Å². The number of aromatic carboxylic acids is 1. The molecule has 0 atom stereocenters. The van der Waals surface area contributed by atoms with Gasteiger partial charge in [0.15, 0.2) is 11.5 Å². The van der Waals surface area contributed by atoms with Crippen LogP contribution in [0, 0.1) is 3.70 Å². The Morgan fingerprint density at radius 3 is 2.95 bits per heavy atom. The van der Waals surface area contributed by atoms with Crippen molar-refractivity contribution in [2.75, 3.05) is 5.32 Å². The second kappa shape index (κ2) is 5.91. The third-order valence-corrected chi connectivity index (χ3v) is 4.16. The highest BCUT2D eigenvalue weighted by Gasteiger charge is 2.11. The average molecular weight is 408 g/mol. The number of halogens is 1. The average Bonchev–Trinajstić information content (AvgIpc) is 2.89. The maximum atomic E-state index is 11.2. The maximum Gasteiger partial charge on any atom is 0.335 e. The fraction of sp³-hybridized carbons (Fsp3) is 0.133. The lowest BCUT2D eigenvalue weighted by atomic mass is 10.0. The number of carbonyl (C=O) groups is 1. The van der Waals surface area contributed by atoms with Gasteiger partial charge in [0.1, 0.15) is 3.70 Å². The molecular formula is C15H13IN4O2. The zero-order chi connectivity index (χ0) is 15.7. The van der Waals surface area contributed by atoms with Crippen LogP contribution < -0.4 is 5.32 Å². The van der Waals surface area contributed by atoms with E-state index in [0.717, 1.165) is 20.6 Å². The van der Waals surface area contributed by atoms with Gasteiger partial charge in [0.2, 0.25) is 0 Å². The normalized spacial score (nSPS) is 10.8. The SMILES string of the molecule is CCc1cc(Nc2nccn3c(I)cnc23)ccc1C(=O)O. The number of fused-ring (bicyclic) bond motifs is 1. The second-order valence-electron chi connectivity index (χ2n) is 4.71. The Hall–Kier alpha value is -2.16. The van der Waals surface area contributed by atoms with Crippen LogP contribution in [0.5, 0.6) is 0 Å². The van der Waals surface area contributed by atoms with Gasteiger partial charge >= 0.3 is 5.97 Å². The number of carboxylic acid groups (broad SMARTS) is 1. The predicted molar refractivity (Wildman–Crippen MR) is 91.8 cm³/mol. The number of nitrogens with zero attached hydrogens (tertiary/aromatic N) is 3. The highest BCUT2D eigenvalue weighted by atomic mass is 127. The van der Waals surface area contributed by atoms with Crippen molar-refractivity contribution >= 4 is 45.7 Å². The van der Waals surface area contributed by atoms with Crippen molar-refractivity contribution < 1.29 is 9.90 Å². The monoisotopic (exact) mass is 408 g/mol. The molecule has 22 heavy (non-hydrogen) atoms. The number of anilines is 2. The van der Waals surface area contributed by atoms with Gasteiger partial charge in [0.25, 0.3) is 0 Å². The third-order valence-electron chi connectivity index (χ3n) is 3.36. The molecule has 2 heterocycles. The molecule has 0 bridgehead atoms. The van der Waals surface area contributed by atoms with Gasteiger partial charge in [-0.1, -0.05) is 6.92 Å². The summed E-state index contributed by atoms with van der Waals surface area (Å²) in [4.78, 5) is 19.8. The number of aromatic nitrogens is 3. The number of rotatable bonds is 4. The predicted octanol–water partition coefficient (Wildman–Crippen LogP) is 3.34. The standard InChI is InChI=1S/C15H13IN4O2/c1-2-9-7-10(3-4-11(9)15(21)22)19-13-14-18-8-12(16)20(14)6-5-17-13/h3-8H,2H2,1H3,(H,17,19)(H,21,22). The minimum atomic E-state index is -0.911. The molecule has 0 spiro atoms. The lowest BCUT2D eigenvalue weighted by Gasteiger charge is -2.10. The van der Waals surface area contributed by atoms with E-state index >= 15 is 0 Å². The number of nitrogens with one attached hydrogen (secondary N) is 1. The number of carboxylic acids is 1. The molecule has 0 unspecified atom stereocenters. The van der Waals surface area contributed by atoms with Crippen LogP contribution in [0.1, 0.15) is 22.8 Å². The topological polar surface area (TPSA) is 79.5 Å². The Labute approximate surface area is 140 Å². The minimum absolute atomic E-state index is 0.328. The summed E-state index contributed by atoms with van der Waals surface area (Å²) in [6, 6.07) is 5.18. The summed E-state index contributed by atoms with van der Waals surface area (Å²) in [5.41, 5.74) is 2.63. The lowest BCUT2D eigenvalue weighted by molar-refractivity contribution is 0.0696. The molecule has 2 N–H and O–H groups in total. The van der Waals surface area contributed by atoms with Crippen molar-refractivity contribution in [3.63, 3.8) is 0 Å². The first-order valence-corrected chi connectivity index (χ1v) is 7.79. The Morgan fingerprint density at radius 2 is 2.23 bits per heavy atom. The molecule has 0 aliphatic carbocycles. The summed E-state index contributed by atoms with van der Waals surface area (Å²) >= 11 is 2.20. The van der Waals surface area contributed by atoms with Crippen molar-refractivity contribution in [3.8, 4) is 0 Å². The van der Waals surface area contributed by atoms with Crippen LogP contribution in [0.25, 0.3) is 5.65 Å². The molecule has 0 aliphatic heterocycles. The second-order valence-corrected chi connectivity index (χ2v) is 5.81. The van der Waals surface area contributed by atoms with Crippen molar-refractivity contribution in [1.82, 2.24) is 14.4 Å². The highest BCUT2D eigenvalue weighted by molar-refractivity contribution is 14.1. The Morgan fingerprint density at radius 1 is 1.41 bits per heavy atom. The molecule has 0 fully saturated rings. The van der Waals surface area contributed by atoms with Gasteiger partial charge in [-0.25, -0.2) is 14.8 Å². The van der Waals surface area contributed by atoms with Gasteiger partial charge in [-0.2, -0.15) is 0 Å². The smallest absolute Gasteiger partial charge is 0.335 e. The quantitative estimate of drug-likeness (QED) is 0.648. The molecule has 7 heteroatoms. The first-order chi connectivity index (χ1) is 10.6. The van der Waals surface area contributed by atoms with Crippen LogP contribution in [0.2, 0.25) is 0 Å². The molecular weight excluding hydrogens is 395 g/mol. The van der Waals surface area contributed by atoms with Crippen LogP contribution in [0.15, 0.2) is 36.8 Å². The molecule has 2 aromatic heterocycles. The molecule has 6 nitrogen and oxygen atoms in total. The number of hydrogen-bond acceptors (Lipinski definition) is 4. The summed E-state index contributed by atoms with van der Waals surface area (Å²) in [6.45, 7) is 1.93. The van der Waals surface area contributed by atoms with E-state index in [-0.39, 0.29) is 0 Å². The fourth-order valence-corrected chi connectivity index (χ4v) is 2.82. The molecule has 0 saturated carbocycles. The number of aryl methyl sites for hydroxylation is 1. The van der Waals surface area contributed by atoms with Crippen molar-refractivity contribution in [2.24, 2.45) is 0 Å². The van der Waals surface area contributed by atoms with Crippen molar-refractivity contribution in [2.45, 2.75) is 13.3 Å². The van der Waals surface area contributed by atoms with Crippen molar-refractivity contribution in [3.05, 3.63) is 51.6 Å². The van der Waals surface area contributed by atoms with E-state index in [4.69, 9.17) is 0 Å². The van der Waals surface area contributed by atoms with Crippen LogP contribution in [-0.4, -0.2) is 25.4 Å². The lowest BCUT2D eigenvalue weighted by Crippen LogP contribution is -2.04. The van der Waals surface area contributed by atoms with E-state index in [1.165, 1.54) is 0 Å². The van der Waals surface area contributed by atoms with E-state index in [1.807, 2.05) is 23.6 Å². The molecule has 3 aromatic rings. The molecule has 0 radical (unpaired) electrons. The Bertz CT molecular complexity index is 860. The number of imidazole rings is 1. The largest absolute Gasteiger partial charge is 0.478 e. The summed E-state index contributed by atoms with van der Waals surface area (Å²) in [5.74, 6) is -0.276. The molecule has 0 aliphatic rings. The van der Waals surface area contributed by atoms with Crippen LogP contribution in [0.4, 0.5) is 11.5 Å². The molecule has 1 aromatic carbocycles. The van der Waals surface area contributed by atoms with Crippen LogP contribution >= 0.6 is 22.6 Å². The van der Waals surface area contributed by atoms with E-state index in [9.17, 15) is 9.90 Å². The minimum Gasteiger partial charge on any atom is -0.478 e. The van der Waals surface area contributed by atoms with Gasteiger partial charge in [-0.15, -0.1) is 0 Å². The zero-order valence-electron chi connectivity index (χ0n) is 11.7. The summed E-state index contributed by atoms with van der Waals surface area (Å²) in [5, 5.41) is 12.4. The Kier molecular flexibility index (Phi) is 3.97. The third kappa shape index (κ3) is 2.63. The number of benzene rings is 1. The van der Waals surface area contributed by atoms with Crippen molar-refractivity contribution in [1.29, 1.82) is 0 Å². The molecule has 0 amide bonds. The highest BCUT2D eigenvalue weighted by Crippen LogP contribution is 2.23. The molecule has 0 saturated heterocycles. The Balaban J connectivity index is 2.00. The van der Waals surface area contributed by atoms with Gasteiger partial charge in [0, 0.05) is 18.1 Å². The molecule has 112 valence electrons. The zero-order valence-corrected chi connectivity index (χ0v) is 13.9. The molecule has 3 rings (SSSR count). The summed E-state index contributed by atoms with van der Waals surface area (Å²) < 4.78 is 2.93. The van der Waals surface area contributed by atoms with Gasteiger partial charge in [0.05, 0.1) is 11.8 Å². The van der Waals surface area contributed by atoms with E-state index in [0.29, 0.717) is 17.8 Å². The maximum absolute atomic E-state index is 11.2. The van der Waals surface area contributed by atoms with Crippen LogP contribution in [-0.2, 0) is 6.42 Å². The summed E-state index contributed by atoms with van der Waals surface area (Å²) in [7, 11) is 0.